The molecule has 1 heterocycles. The van der Waals surface area contributed by atoms with Crippen molar-refractivity contribution in [3.05, 3.63) is 36.0 Å². The molecule has 140 valence electrons. The van der Waals surface area contributed by atoms with Crippen molar-refractivity contribution in [1.82, 2.24) is 15.6 Å². The number of benzene rings is 1. The van der Waals surface area contributed by atoms with Crippen LogP contribution >= 0.6 is 0 Å². The van der Waals surface area contributed by atoms with Gasteiger partial charge in [-0.05, 0) is 31.7 Å². The Morgan fingerprint density at radius 1 is 1.22 bits per heavy atom. The molecule has 1 aromatic heterocycles. The molecule has 0 bridgehead atoms. The Hall–Kier alpha value is -2.81. The lowest BCUT2D eigenvalue weighted by Crippen LogP contribution is -2.49. The number of carbonyl (C=O) groups excluding carboxylic acids is 2. The van der Waals surface area contributed by atoms with Crippen LogP contribution in [0.5, 0.6) is 0 Å². The molecule has 2 saturated carbocycles. The topological polar surface area (TPSA) is 97.8 Å². The normalized spacial score (nSPS) is 23.4. The molecular weight excluding hydrogens is 340 g/mol. The van der Waals surface area contributed by atoms with E-state index in [1.807, 2.05) is 24.3 Å². The number of nitrogens with one attached hydrogen (secondary N) is 3. The second-order valence-corrected chi connectivity index (χ2v) is 7.83. The Labute approximate surface area is 158 Å². The monoisotopic (exact) mass is 364 g/mol. The fraction of sp³-hybridized carbons (Fsp3) is 0.476. The summed E-state index contributed by atoms with van der Waals surface area (Å²) >= 11 is 0. The molecule has 2 fully saturated rings. The largest absolute Gasteiger partial charge is 0.360 e. The first-order valence-electron chi connectivity index (χ1n) is 9.68. The molecule has 2 aliphatic carbocycles. The summed E-state index contributed by atoms with van der Waals surface area (Å²) < 4.78 is 0. The van der Waals surface area contributed by atoms with Crippen LogP contribution in [0.1, 0.15) is 48.9 Å². The lowest BCUT2D eigenvalue weighted by Gasteiger charge is -2.31. The fourth-order valence-electron chi connectivity index (χ4n) is 3.99. The molecule has 0 spiro atoms. The highest BCUT2D eigenvalue weighted by molar-refractivity contribution is 6.06. The van der Waals surface area contributed by atoms with Crippen LogP contribution in [0.3, 0.4) is 0 Å². The Morgan fingerprint density at radius 3 is 2.78 bits per heavy atom. The third kappa shape index (κ3) is 3.55. The van der Waals surface area contributed by atoms with E-state index in [2.05, 4.69) is 21.7 Å². The lowest BCUT2D eigenvalue weighted by atomic mass is 9.83. The molecule has 2 amide bonds. The van der Waals surface area contributed by atoms with Crippen LogP contribution < -0.4 is 10.6 Å². The zero-order valence-electron chi connectivity index (χ0n) is 15.3. The van der Waals surface area contributed by atoms with Crippen molar-refractivity contribution >= 4 is 22.7 Å². The average molecular weight is 364 g/mol. The van der Waals surface area contributed by atoms with E-state index < -0.39 is 0 Å². The van der Waals surface area contributed by atoms with Gasteiger partial charge in [0.25, 0.3) is 5.91 Å². The molecule has 0 aliphatic heterocycles. The number of amides is 2. The molecule has 6 nitrogen and oxygen atoms in total. The first kappa shape index (κ1) is 17.6. The van der Waals surface area contributed by atoms with Crippen molar-refractivity contribution in [2.45, 2.75) is 44.6 Å². The van der Waals surface area contributed by atoms with Gasteiger partial charge in [0.05, 0.1) is 23.0 Å². The van der Waals surface area contributed by atoms with E-state index in [1.165, 1.54) is 0 Å². The van der Waals surface area contributed by atoms with E-state index in [-0.39, 0.29) is 29.2 Å². The van der Waals surface area contributed by atoms with Crippen molar-refractivity contribution in [2.75, 3.05) is 6.54 Å². The van der Waals surface area contributed by atoms with Gasteiger partial charge >= 0.3 is 0 Å². The number of nitrogens with zero attached hydrogens (tertiary/aromatic N) is 1. The third-order valence-corrected chi connectivity index (χ3v) is 5.94. The number of aromatic nitrogens is 1. The Bertz CT molecular complexity index is 906. The number of carbonyl (C=O) groups is 2. The highest BCUT2D eigenvalue weighted by Gasteiger charge is 2.44. The number of H-pyrrole nitrogens is 1. The summed E-state index contributed by atoms with van der Waals surface area (Å²) in [5.41, 5.74) is 1.18. The van der Waals surface area contributed by atoms with E-state index in [9.17, 15) is 14.9 Å². The van der Waals surface area contributed by atoms with Gasteiger partial charge in [-0.15, -0.1) is 0 Å². The fourth-order valence-corrected chi connectivity index (χ4v) is 3.99. The molecule has 2 aromatic rings. The zero-order chi connectivity index (χ0) is 18.9. The first-order valence-corrected chi connectivity index (χ1v) is 9.68. The van der Waals surface area contributed by atoms with Crippen molar-refractivity contribution in [1.29, 1.82) is 5.26 Å². The minimum absolute atomic E-state index is 0.0412. The highest BCUT2D eigenvalue weighted by Crippen LogP contribution is 2.44. The van der Waals surface area contributed by atoms with Crippen LogP contribution in [0, 0.1) is 22.7 Å². The van der Waals surface area contributed by atoms with E-state index in [0.29, 0.717) is 12.1 Å². The molecule has 0 saturated heterocycles. The summed E-state index contributed by atoms with van der Waals surface area (Å²) in [5, 5.41) is 16.1. The number of nitriles is 1. The third-order valence-electron chi connectivity index (χ3n) is 5.94. The van der Waals surface area contributed by atoms with Gasteiger partial charge in [-0.3, -0.25) is 9.59 Å². The molecule has 6 heteroatoms. The maximum Gasteiger partial charge on any atom is 0.253 e. The molecule has 0 unspecified atom stereocenters. The molecule has 27 heavy (non-hydrogen) atoms. The van der Waals surface area contributed by atoms with E-state index >= 15 is 0 Å². The Morgan fingerprint density at radius 2 is 2.00 bits per heavy atom. The molecule has 4 rings (SSSR count). The molecule has 2 aliphatic rings. The van der Waals surface area contributed by atoms with Crippen LogP contribution in [0.2, 0.25) is 0 Å². The number of aromatic amines is 1. The summed E-state index contributed by atoms with van der Waals surface area (Å²) in [6.07, 6.45) is 7.00. The van der Waals surface area contributed by atoms with Crippen molar-refractivity contribution < 1.29 is 9.59 Å². The summed E-state index contributed by atoms with van der Waals surface area (Å²) in [6.45, 7) is 0.419. The van der Waals surface area contributed by atoms with Crippen LogP contribution in [0.15, 0.2) is 30.5 Å². The van der Waals surface area contributed by atoms with Crippen molar-refractivity contribution in [3.8, 4) is 6.07 Å². The number of hydrogen-bond acceptors (Lipinski definition) is 3. The van der Waals surface area contributed by atoms with E-state index in [4.69, 9.17) is 0 Å². The minimum Gasteiger partial charge on any atom is -0.360 e. The predicted molar refractivity (Wildman–Crippen MR) is 102 cm³/mol. The zero-order valence-corrected chi connectivity index (χ0v) is 15.3. The van der Waals surface area contributed by atoms with Crippen LogP contribution in [-0.4, -0.2) is 29.4 Å². The summed E-state index contributed by atoms with van der Waals surface area (Å²) in [4.78, 5) is 28.6. The standard InChI is InChI=1S/C21H24N4O2/c22-12-21(9-10-21)13-24-19(26)15-6-2-4-8-18(15)25-20(27)16-11-23-17-7-3-1-5-14(16)17/h1,3,5,7,11,15,18,23H,2,4,6,8-10,13H2,(H,24,26)(H,25,27)/t15-,18+/m1/s1. The maximum absolute atomic E-state index is 12.8. The van der Waals surface area contributed by atoms with Crippen molar-refractivity contribution in [3.63, 3.8) is 0 Å². The van der Waals surface area contributed by atoms with Gasteiger partial charge in [-0.1, -0.05) is 31.0 Å². The second kappa shape index (κ2) is 7.07. The smallest absolute Gasteiger partial charge is 0.253 e. The molecule has 2 atom stereocenters. The van der Waals surface area contributed by atoms with Crippen LogP contribution in [-0.2, 0) is 4.79 Å². The van der Waals surface area contributed by atoms with Gasteiger partial charge in [0.1, 0.15) is 0 Å². The lowest BCUT2D eigenvalue weighted by molar-refractivity contribution is -0.126. The summed E-state index contributed by atoms with van der Waals surface area (Å²) in [6, 6.07) is 9.82. The number of rotatable bonds is 5. The van der Waals surface area contributed by atoms with Gasteiger partial charge in [-0.2, -0.15) is 5.26 Å². The number of hydrogen-bond donors (Lipinski definition) is 3. The Kier molecular flexibility index (Phi) is 4.61. The van der Waals surface area contributed by atoms with Gasteiger partial charge in [-0.25, -0.2) is 0 Å². The predicted octanol–water partition coefficient (Wildman–Crippen LogP) is 2.88. The first-order chi connectivity index (χ1) is 13.1. The molecular formula is C21H24N4O2. The van der Waals surface area contributed by atoms with Crippen molar-refractivity contribution in [2.24, 2.45) is 11.3 Å². The molecule has 3 N–H and O–H groups in total. The molecule has 1 aromatic carbocycles. The molecule has 0 radical (unpaired) electrons. The summed E-state index contributed by atoms with van der Waals surface area (Å²) in [5.74, 6) is -0.421. The van der Waals surface area contributed by atoms with Gasteiger partial charge < -0.3 is 15.6 Å². The van der Waals surface area contributed by atoms with Gasteiger partial charge in [0.2, 0.25) is 5.91 Å². The summed E-state index contributed by atoms with van der Waals surface area (Å²) in [7, 11) is 0. The quantitative estimate of drug-likeness (QED) is 0.761. The van der Waals surface area contributed by atoms with E-state index in [0.717, 1.165) is 49.4 Å². The Balaban J connectivity index is 1.43. The van der Waals surface area contributed by atoms with E-state index in [1.54, 1.807) is 6.20 Å². The van der Waals surface area contributed by atoms with Crippen LogP contribution in [0.4, 0.5) is 0 Å². The average Bonchev–Trinajstić information content (AvgIpc) is 3.36. The SMILES string of the molecule is N#CC1(CNC(=O)[C@@H]2CCCC[C@@H]2NC(=O)c2c[nH]c3ccccc23)CC1. The minimum atomic E-state index is -0.354. The number of fused-ring (bicyclic) bond motifs is 1. The van der Waals surface area contributed by atoms with Gasteiger partial charge in [0.15, 0.2) is 0 Å². The van der Waals surface area contributed by atoms with Crippen LogP contribution in [0.25, 0.3) is 10.9 Å². The highest BCUT2D eigenvalue weighted by atomic mass is 16.2. The van der Waals surface area contributed by atoms with Gasteiger partial charge in [0, 0.05) is 29.7 Å². The maximum atomic E-state index is 12.8. The second-order valence-electron chi connectivity index (χ2n) is 7.83. The number of para-hydroxylation sites is 1.